The molecule has 2 rings (SSSR count). The van der Waals surface area contributed by atoms with Gasteiger partial charge in [0.1, 0.15) is 6.10 Å². The maximum atomic E-state index is 13.9. The molecule has 16 heavy (non-hydrogen) atoms. The Labute approximate surface area is 98.3 Å². The zero-order valence-corrected chi connectivity index (χ0v) is 10.1. The van der Waals surface area contributed by atoms with Crippen LogP contribution >= 0.6 is 11.8 Å². The van der Waals surface area contributed by atoms with Gasteiger partial charge in [-0.05, 0) is 6.92 Å². The molecular weight excluding hydrogens is 231 g/mol. The van der Waals surface area contributed by atoms with Crippen molar-refractivity contribution < 1.29 is 14.6 Å². The third-order valence-electron chi connectivity index (χ3n) is 3.17. The lowest BCUT2D eigenvalue weighted by molar-refractivity contribution is 0.0242. The van der Waals surface area contributed by atoms with Crippen molar-refractivity contribution in [3.63, 3.8) is 0 Å². The summed E-state index contributed by atoms with van der Waals surface area (Å²) in [5, 5.41) is 21.8. The topological polar surface area (TPSA) is 64.9 Å². The van der Waals surface area contributed by atoms with Crippen LogP contribution in [-0.4, -0.2) is 58.0 Å². The number of hydrogen-bond donors (Lipinski definition) is 3. The summed E-state index contributed by atoms with van der Waals surface area (Å²) < 4.78 is 13.9. The smallest absolute Gasteiger partial charge is 0.150 e. The van der Waals surface area contributed by atoms with Gasteiger partial charge < -0.3 is 15.5 Å². The zero-order valence-electron chi connectivity index (χ0n) is 9.30. The molecule has 6 heteroatoms. The molecule has 0 radical (unpaired) electrons. The number of aliphatic hydroxyl groups is 2. The van der Waals surface area contributed by atoms with Crippen LogP contribution in [-0.2, 0) is 0 Å². The van der Waals surface area contributed by atoms with Crippen molar-refractivity contribution in [3.8, 4) is 0 Å². The van der Waals surface area contributed by atoms with Gasteiger partial charge in [-0.25, -0.2) is 4.39 Å². The van der Waals surface area contributed by atoms with Crippen LogP contribution in [0.3, 0.4) is 0 Å². The highest BCUT2D eigenvalue weighted by Crippen LogP contribution is 2.41. The number of rotatable bonds is 1. The third-order valence-corrected chi connectivity index (χ3v) is 4.95. The van der Waals surface area contributed by atoms with Crippen LogP contribution in [0.1, 0.15) is 13.3 Å². The Bertz CT molecular complexity index is 301. The zero-order chi connectivity index (χ0) is 11.9. The number of hydrogen-bond acceptors (Lipinski definition) is 5. The Kier molecular flexibility index (Phi) is 3.42. The highest BCUT2D eigenvalue weighted by Gasteiger charge is 2.49. The number of nitrogens with zero attached hydrogens (tertiary/aromatic N) is 1. The SMILES string of the molecule is CNC1=N[C@@H]2[C@@H](F)[C@H](O)C([C@H](C)O)S[C@@H]2C1. The van der Waals surface area contributed by atoms with Gasteiger partial charge in [-0.1, -0.05) is 0 Å². The fourth-order valence-corrected chi connectivity index (χ4v) is 3.83. The molecule has 0 spiro atoms. The number of nitrogens with one attached hydrogen (secondary N) is 1. The molecule has 92 valence electrons. The van der Waals surface area contributed by atoms with E-state index in [-0.39, 0.29) is 5.25 Å². The van der Waals surface area contributed by atoms with E-state index in [4.69, 9.17) is 0 Å². The number of halogens is 1. The Hall–Kier alpha value is -0.330. The Morgan fingerprint density at radius 1 is 1.62 bits per heavy atom. The van der Waals surface area contributed by atoms with Crippen LogP contribution in [0, 0.1) is 0 Å². The molecule has 0 aromatic carbocycles. The number of amidine groups is 1. The summed E-state index contributed by atoms with van der Waals surface area (Å²) >= 11 is 1.45. The molecule has 4 nitrogen and oxygen atoms in total. The van der Waals surface area contributed by atoms with Crippen LogP contribution in [0.25, 0.3) is 0 Å². The lowest BCUT2D eigenvalue weighted by Crippen LogP contribution is -2.51. The van der Waals surface area contributed by atoms with E-state index >= 15 is 0 Å². The van der Waals surface area contributed by atoms with E-state index in [9.17, 15) is 14.6 Å². The van der Waals surface area contributed by atoms with Gasteiger partial charge in [0, 0.05) is 18.7 Å². The van der Waals surface area contributed by atoms with E-state index in [1.807, 2.05) is 0 Å². The highest BCUT2D eigenvalue weighted by atomic mass is 32.2. The maximum absolute atomic E-state index is 13.9. The number of aliphatic hydroxyl groups excluding tert-OH is 2. The predicted octanol–water partition coefficient (Wildman–Crippen LogP) is -0.0596. The molecule has 0 aliphatic carbocycles. The Morgan fingerprint density at radius 3 is 2.88 bits per heavy atom. The molecule has 6 atom stereocenters. The van der Waals surface area contributed by atoms with E-state index < -0.39 is 29.7 Å². The van der Waals surface area contributed by atoms with Gasteiger partial charge in [0.05, 0.1) is 23.2 Å². The Morgan fingerprint density at radius 2 is 2.31 bits per heavy atom. The van der Waals surface area contributed by atoms with Gasteiger partial charge in [-0.3, -0.25) is 4.99 Å². The van der Waals surface area contributed by atoms with Crippen LogP contribution in [0.4, 0.5) is 4.39 Å². The second kappa shape index (κ2) is 4.50. The summed E-state index contributed by atoms with van der Waals surface area (Å²) in [6, 6.07) is -0.475. The molecule has 2 heterocycles. The number of thioether (sulfide) groups is 1. The first-order valence-electron chi connectivity index (χ1n) is 5.44. The van der Waals surface area contributed by atoms with Gasteiger partial charge in [-0.2, -0.15) is 0 Å². The van der Waals surface area contributed by atoms with Crippen molar-refractivity contribution in [1.82, 2.24) is 5.32 Å². The maximum Gasteiger partial charge on any atom is 0.150 e. The molecule has 1 saturated heterocycles. The summed E-state index contributed by atoms with van der Waals surface area (Å²) in [5.41, 5.74) is 0. The predicted molar refractivity (Wildman–Crippen MR) is 62.7 cm³/mol. The van der Waals surface area contributed by atoms with Gasteiger partial charge >= 0.3 is 0 Å². The Balaban J connectivity index is 2.14. The van der Waals surface area contributed by atoms with E-state index in [1.165, 1.54) is 11.8 Å². The monoisotopic (exact) mass is 248 g/mol. The lowest BCUT2D eigenvalue weighted by Gasteiger charge is -2.38. The van der Waals surface area contributed by atoms with Crippen LogP contribution in [0.15, 0.2) is 4.99 Å². The van der Waals surface area contributed by atoms with Gasteiger partial charge in [0.15, 0.2) is 6.17 Å². The molecule has 0 saturated carbocycles. The van der Waals surface area contributed by atoms with Crippen molar-refractivity contribution in [3.05, 3.63) is 0 Å². The lowest BCUT2D eigenvalue weighted by atomic mass is 9.99. The van der Waals surface area contributed by atoms with E-state index in [2.05, 4.69) is 10.3 Å². The molecule has 2 aliphatic heterocycles. The minimum Gasteiger partial charge on any atom is -0.392 e. The minimum absolute atomic E-state index is 0.0282. The third kappa shape index (κ3) is 1.94. The normalized spacial score (nSPS) is 44.8. The number of fused-ring (bicyclic) bond motifs is 1. The first-order valence-corrected chi connectivity index (χ1v) is 6.39. The summed E-state index contributed by atoms with van der Waals surface area (Å²) in [6.45, 7) is 1.59. The second-order valence-corrected chi connectivity index (χ2v) is 5.76. The summed E-state index contributed by atoms with van der Waals surface area (Å²) in [6.07, 6.45) is -2.54. The summed E-state index contributed by atoms with van der Waals surface area (Å²) in [5.74, 6) is 0.781. The van der Waals surface area contributed by atoms with E-state index in [0.29, 0.717) is 6.42 Å². The molecule has 1 unspecified atom stereocenters. The molecule has 1 fully saturated rings. The standard InChI is InChI=1S/C10H17FN2O2S/c1-4(14)10-9(15)7(11)8-5(16-10)3-6(12-2)13-8/h4-5,7-10,14-15H,3H2,1-2H3,(H,12,13)/t4-,5+,7+,8-,9-,10?/m0/s1. The number of alkyl halides is 1. The van der Waals surface area contributed by atoms with Crippen molar-refractivity contribution in [1.29, 1.82) is 0 Å². The van der Waals surface area contributed by atoms with E-state index in [1.54, 1.807) is 14.0 Å². The molecule has 0 aromatic heterocycles. The largest absolute Gasteiger partial charge is 0.392 e. The summed E-state index contributed by atoms with van der Waals surface area (Å²) in [4.78, 5) is 4.22. The first kappa shape index (κ1) is 12.1. The molecule has 0 bridgehead atoms. The van der Waals surface area contributed by atoms with Gasteiger partial charge in [-0.15, -0.1) is 11.8 Å². The average Bonchev–Trinajstić information content (AvgIpc) is 2.66. The van der Waals surface area contributed by atoms with Gasteiger partial charge in [0.25, 0.3) is 0 Å². The molecule has 0 amide bonds. The fourth-order valence-electron chi connectivity index (χ4n) is 2.26. The van der Waals surface area contributed by atoms with Crippen molar-refractivity contribution in [2.45, 2.75) is 48.3 Å². The van der Waals surface area contributed by atoms with Crippen molar-refractivity contribution in [2.75, 3.05) is 7.05 Å². The number of aliphatic imine (C=N–C) groups is 1. The molecule has 3 N–H and O–H groups in total. The first-order chi connectivity index (χ1) is 7.54. The van der Waals surface area contributed by atoms with Crippen molar-refractivity contribution >= 4 is 17.6 Å². The van der Waals surface area contributed by atoms with Crippen molar-refractivity contribution in [2.24, 2.45) is 4.99 Å². The summed E-state index contributed by atoms with van der Waals surface area (Å²) in [7, 11) is 1.76. The van der Waals surface area contributed by atoms with Crippen LogP contribution in [0.5, 0.6) is 0 Å². The highest BCUT2D eigenvalue weighted by molar-refractivity contribution is 8.00. The van der Waals surface area contributed by atoms with Gasteiger partial charge in [0.2, 0.25) is 0 Å². The molecular formula is C10H17FN2O2S. The quantitative estimate of drug-likeness (QED) is 0.608. The van der Waals surface area contributed by atoms with E-state index in [0.717, 1.165) is 5.84 Å². The minimum atomic E-state index is -1.38. The molecule has 0 aromatic rings. The van der Waals surface area contributed by atoms with Crippen LogP contribution < -0.4 is 5.32 Å². The average molecular weight is 248 g/mol. The van der Waals surface area contributed by atoms with Crippen LogP contribution in [0.2, 0.25) is 0 Å². The molecule has 2 aliphatic rings. The fraction of sp³-hybridized carbons (Fsp3) is 0.900. The second-order valence-electron chi connectivity index (χ2n) is 4.34.